The number of ether oxygens (including phenoxy) is 1. The zero-order valence-electron chi connectivity index (χ0n) is 10.3. The van der Waals surface area contributed by atoms with E-state index < -0.39 is 6.04 Å². The van der Waals surface area contributed by atoms with Gasteiger partial charge >= 0.3 is 0 Å². The maximum atomic E-state index is 12.1. The van der Waals surface area contributed by atoms with E-state index in [1.807, 2.05) is 19.1 Å². The Labute approximate surface area is 101 Å². The third-order valence-corrected chi connectivity index (χ3v) is 2.51. The van der Waals surface area contributed by atoms with E-state index >= 15 is 0 Å². The number of hydrogen-bond donors (Lipinski definition) is 0. The van der Waals surface area contributed by atoms with Gasteiger partial charge in [0.25, 0.3) is 5.91 Å². The third-order valence-electron chi connectivity index (χ3n) is 2.51. The second-order valence-corrected chi connectivity index (χ2v) is 3.65. The molecule has 17 heavy (non-hydrogen) atoms. The van der Waals surface area contributed by atoms with E-state index in [0.29, 0.717) is 17.9 Å². The number of nitriles is 1. The van der Waals surface area contributed by atoms with Crippen LogP contribution in [-0.4, -0.2) is 30.5 Å². The number of rotatable bonds is 4. The van der Waals surface area contributed by atoms with Crippen molar-refractivity contribution in [3.63, 3.8) is 0 Å². The summed E-state index contributed by atoms with van der Waals surface area (Å²) < 4.78 is 5.39. The van der Waals surface area contributed by atoms with Gasteiger partial charge in [-0.05, 0) is 26.0 Å². The topological polar surface area (TPSA) is 53.3 Å². The molecule has 0 aliphatic carbocycles. The fraction of sp³-hybridized carbons (Fsp3) is 0.385. The summed E-state index contributed by atoms with van der Waals surface area (Å²) in [5, 5.41) is 8.80. The molecule has 1 aromatic rings. The van der Waals surface area contributed by atoms with Crippen LogP contribution in [0.3, 0.4) is 0 Å². The number of hydrogen-bond acceptors (Lipinski definition) is 3. The van der Waals surface area contributed by atoms with Crippen LogP contribution in [0.2, 0.25) is 0 Å². The number of para-hydroxylation sites is 1. The molecule has 4 nitrogen and oxygen atoms in total. The Balaban J connectivity index is 3.00. The molecule has 0 N–H and O–H groups in total. The number of nitrogens with zero attached hydrogens (tertiary/aromatic N) is 2. The van der Waals surface area contributed by atoms with Crippen molar-refractivity contribution < 1.29 is 9.53 Å². The molecule has 0 aliphatic rings. The Hall–Kier alpha value is -2.02. The average molecular weight is 232 g/mol. The van der Waals surface area contributed by atoms with E-state index in [1.165, 1.54) is 4.90 Å². The number of carbonyl (C=O) groups is 1. The summed E-state index contributed by atoms with van der Waals surface area (Å²) in [7, 11) is 1.61. The van der Waals surface area contributed by atoms with E-state index in [4.69, 9.17) is 10.00 Å². The highest BCUT2D eigenvalue weighted by Crippen LogP contribution is 2.20. The van der Waals surface area contributed by atoms with E-state index in [-0.39, 0.29) is 5.91 Å². The van der Waals surface area contributed by atoms with Crippen LogP contribution in [0.15, 0.2) is 24.3 Å². The highest BCUT2D eigenvalue weighted by atomic mass is 16.5. The fourth-order valence-corrected chi connectivity index (χ4v) is 1.38. The maximum Gasteiger partial charge on any atom is 0.258 e. The third kappa shape index (κ3) is 2.97. The lowest BCUT2D eigenvalue weighted by molar-refractivity contribution is 0.0769. The minimum atomic E-state index is -0.461. The monoisotopic (exact) mass is 232 g/mol. The molecule has 0 spiro atoms. The summed E-state index contributed by atoms with van der Waals surface area (Å²) in [5.74, 6) is 0.347. The van der Waals surface area contributed by atoms with Crippen molar-refractivity contribution in [1.29, 1.82) is 5.26 Å². The molecule has 0 fully saturated rings. The predicted molar refractivity (Wildman–Crippen MR) is 64.8 cm³/mol. The lowest BCUT2D eigenvalue weighted by Gasteiger charge is -2.20. The van der Waals surface area contributed by atoms with Crippen molar-refractivity contribution >= 4 is 5.91 Å². The molecule has 0 aromatic heterocycles. The van der Waals surface area contributed by atoms with Gasteiger partial charge in [0, 0.05) is 7.05 Å². The lowest BCUT2D eigenvalue weighted by Crippen LogP contribution is -2.34. The first-order valence-corrected chi connectivity index (χ1v) is 5.50. The molecule has 0 aliphatic heterocycles. The highest BCUT2D eigenvalue weighted by molar-refractivity contribution is 5.97. The summed E-state index contributed by atoms with van der Waals surface area (Å²) in [6.45, 7) is 4.05. The summed E-state index contributed by atoms with van der Waals surface area (Å²) >= 11 is 0. The minimum Gasteiger partial charge on any atom is -0.493 e. The van der Waals surface area contributed by atoms with Crippen molar-refractivity contribution in [1.82, 2.24) is 4.90 Å². The molecular formula is C13H16N2O2. The first kappa shape index (κ1) is 13.0. The standard InChI is InChI=1S/C13H16N2O2/c1-4-17-12-8-6-5-7-11(12)13(16)15(3)10(2)9-14/h5-8,10H,4H2,1-3H3. The van der Waals surface area contributed by atoms with Crippen LogP contribution in [0, 0.1) is 11.3 Å². The SMILES string of the molecule is CCOc1ccccc1C(=O)N(C)C(C)C#N. The molecule has 1 rings (SSSR count). The first-order chi connectivity index (χ1) is 8.11. The van der Waals surface area contributed by atoms with Crippen LogP contribution >= 0.6 is 0 Å². The Morgan fingerprint density at radius 2 is 2.18 bits per heavy atom. The molecule has 0 bridgehead atoms. The molecule has 1 atom stereocenters. The number of amides is 1. The molecule has 1 amide bonds. The van der Waals surface area contributed by atoms with Gasteiger partial charge in [-0.2, -0.15) is 5.26 Å². The summed E-state index contributed by atoms with van der Waals surface area (Å²) in [4.78, 5) is 13.5. The van der Waals surface area contributed by atoms with Crippen molar-refractivity contribution in [2.24, 2.45) is 0 Å². The van der Waals surface area contributed by atoms with Gasteiger partial charge < -0.3 is 9.64 Å². The molecular weight excluding hydrogens is 216 g/mol. The molecule has 0 radical (unpaired) electrons. The van der Waals surface area contributed by atoms with Crippen LogP contribution in [0.1, 0.15) is 24.2 Å². The van der Waals surface area contributed by atoms with Gasteiger partial charge in [0.05, 0.1) is 18.2 Å². The van der Waals surface area contributed by atoms with Gasteiger partial charge in [-0.1, -0.05) is 12.1 Å². The Morgan fingerprint density at radius 3 is 2.76 bits per heavy atom. The molecule has 4 heteroatoms. The number of benzene rings is 1. The zero-order valence-corrected chi connectivity index (χ0v) is 10.3. The highest BCUT2D eigenvalue weighted by Gasteiger charge is 2.19. The summed E-state index contributed by atoms with van der Waals surface area (Å²) in [6, 6.07) is 8.62. The summed E-state index contributed by atoms with van der Waals surface area (Å²) in [6.07, 6.45) is 0. The van der Waals surface area contributed by atoms with Crippen LogP contribution in [0.25, 0.3) is 0 Å². The van der Waals surface area contributed by atoms with Crippen LogP contribution < -0.4 is 4.74 Å². The smallest absolute Gasteiger partial charge is 0.258 e. The van der Waals surface area contributed by atoms with Gasteiger partial charge in [0.1, 0.15) is 11.8 Å². The summed E-state index contributed by atoms with van der Waals surface area (Å²) in [5.41, 5.74) is 0.485. The Morgan fingerprint density at radius 1 is 1.53 bits per heavy atom. The van der Waals surface area contributed by atoms with Crippen LogP contribution in [0.5, 0.6) is 5.75 Å². The minimum absolute atomic E-state index is 0.205. The van der Waals surface area contributed by atoms with E-state index in [9.17, 15) is 4.79 Å². The maximum absolute atomic E-state index is 12.1. The second-order valence-electron chi connectivity index (χ2n) is 3.65. The zero-order chi connectivity index (χ0) is 12.8. The van der Waals surface area contributed by atoms with Gasteiger partial charge in [0.15, 0.2) is 0 Å². The van der Waals surface area contributed by atoms with E-state index in [0.717, 1.165) is 0 Å². The van der Waals surface area contributed by atoms with Crippen molar-refractivity contribution in [3.05, 3.63) is 29.8 Å². The van der Waals surface area contributed by atoms with E-state index in [1.54, 1.807) is 32.2 Å². The predicted octanol–water partition coefficient (Wildman–Crippen LogP) is 2.07. The molecule has 0 heterocycles. The molecule has 1 aromatic carbocycles. The molecule has 0 saturated heterocycles. The van der Waals surface area contributed by atoms with Crippen LogP contribution in [-0.2, 0) is 0 Å². The first-order valence-electron chi connectivity index (χ1n) is 5.50. The number of carbonyl (C=O) groups excluding carboxylic acids is 1. The van der Waals surface area contributed by atoms with Gasteiger partial charge in [-0.25, -0.2) is 0 Å². The van der Waals surface area contributed by atoms with Gasteiger partial charge in [-0.3, -0.25) is 4.79 Å². The van der Waals surface area contributed by atoms with Gasteiger partial charge in [-0.15, -0.1) is 0 Å². The Bertz CT molecular complexity index is 437. The molecule has 0 saturated carbocycles. The largest absolute Gasteiger partial charge is 0.493 e. The fourth-order valence-electron chi connectivity index (χ4n) is 1.38. The Kier molecular flexibility index (Phi) is 4.53. The van der Waals surface area contributed by atoms with Crippen LogP contribution in [0.4, 0.5) is 0 Å². The average Bonchev–Trinajstić information content (AvgIpc) is 2.37. The van der Waals surface area contributed by atoms with Crippen molar-refractivity contribution in [3.8, 4) is 11.8 Å². The van der Waals surface area contributed by atoms with Crippen molar-refractivity contribution in [2.75, 3.05) is 13.7 Å². The molecule has 1 unspecified atom stereocenters. The quantitative estimate of drug-likeness (QED) is 0.798. The van der Waals surface area contributed by atoms with Crippen molar-refractivity contribution in [2.45, 2.75) is 19.9 Å². The second kappa shape index (κ2) is 5.90. The van der Waals surface area contributed by atoms with E-state index in [2.05, 4.69) is 0 Å². The normalized spacial score (nSPS) is 11.4. The lowest BCUT2D eigenvalue weighted by atomic mass is 10.1. The van der Waals surface area contributed by atoms with Gasteiger partial charge in [0.2, 0.25) is 0 Å². The molecule has 90 valence electrons.